The second-order valence-electron chi connectivity index (χ2n) is 4.42. The van der Waals surface area contributed by atoms with Gasteiger partial charge in [-0.2, -0.15) is 0 Å². The van der Waals surface area contributed by atoms with E-state index in [1.165, 1.54) is 16.9 Å². The lowest BCUT2D eigenvalue weighted by molar-refractivity contribution is 0.408. The first-order chi connectivity index (χ1) is 7.70. The fourth-order valence-electron chi connectivity index (χ4n) is 1.93. The molecule has 0 amide bonds. The third-order valence-electron chi connectivity index (χ3n) is 2.75. The highest BCUT2D eigenvalue weighted by atomic mass is 32.2. The molecule has 0 aliphatic carbocycles. The van der Waals surface area contributed by atoms with Crippen molar-refractivity contribution in [3.8, 4) is 0 Å². The smallest absolute Gasteiger partial charge is 0.0354 e. The third-order valence-corrected chi connectivity index (χ3v) is 3.57. The van der Waals surface area contributed by atoms with E-state index in [1.54, 1.807) is 0 Å². The van der Waals surface area contributed by atoms with Gasteiger partial charge in [-0.05, 0) is 36.8 Å². The number of benzene rings is 1. The number of hydrogen-bond acceptors (Lipinski definition) is 2. The van der Waals surface area contributed by atoms with Crippen molar-refractivity contribution >= 4 is 11.8 Å². The summed E-state index contributed by atoms with van der Waals surface area (Å²) in [5.74, 6) is 0.625. The van der Waals surface area contributed by atoms with Crippen LogP contribution >= 0.6 is 11.8 Å². The molecule has 16 heavy (non-hydrogen) atoms. The molecule has 0 aliphatic heterocycles. The molecule has 1 N–H and O–H groups in total. The number of thioether (sulfide) groups is 1. The molecule has 1 nitrogen and oxygen atoms in total. The number of nitrogens with one attached hydrogen (secondary N) is 1. The summed E-state index contributed by atoms with van der Waals surface area (Å²) in [5, 5.41) is 3.65. The monoisotopic (exact) mass is 237 g/mol. The van der Waals surface area contributed by atoms with Gasteiger partial charge in [0, 0.05) is 10.9 Å². The molecule has 1 rings (SSSR count). The van der Waals surface area contributed by atoms with E-state index >= 15 is 0 Å². The maximum absolute atomic E-state index is 3.65. The molecule has 0 saturated carbocycles. The zero-order chi connectivity index (χ0) is 12.0. The van der Waals surface area contributed by atoms with Gasteiger partial charge in [-0.25, -0.2) is 0 Å². The minimum absolute atomic E-state index is 0.476. The van der Waals surface area contributed by atoms with Gasteiger partial charge in [0.2, 0.25) is 0 Å². The number of rotatable bonds is 6. The predicted molar refractivity (Wildman–Crippen MR) is 74.1 cm³/mol. The maximum atomic E-state index is 3.65. The Morgan fingerprint density at radius 2 is 1.94 bits per heavy atom. The topological polar surface area (TPSA) is 12.0 Å². The van der Waals surface area contributed by atoms with Crippen LogP contribution in [0.2, 0.25) is 0 Å². The highest BCUT2D eigenvalue weighted by Gasteiger charge is 2.17. The molecule has 0 aliphatic rings. The average Bonchev–Trinajstić information content (AvgIpc) is 2.29. The van der Waals surface area contributed by atoms with Crippen molar-refractivity contribution in [3.63, 3.8) is 0 Å². The summed E-state index contributed by atoms with van der Waals surface area (Å²) in [4.78, 5) is 1.39. The Bertz CT molecular complexity index is 309. The van der Waals surface area contributed by atoms with Gasteiger partial charge < -0.3 is 5.32 Å². The van der Waals surface area contributed by atoms with Crippen molar-refractivity contribution < 1.29 is 0 Å². The van der Waals surface area contributed by atoms with E-state index < -0.39 is 0 Å². The Hall–Kier alpha value is -0.470. The highest BCUT2D eigenvalue weighted by Crippen LogP contribution is 2.29. The lowest BCUT2D eigenvalue weighted by Crippen LogP contribution is -2.26. The van der Waals surface area contributed by atoms with Crippen LogP contribution in [-0.4, -0.2) is 12.8 Å². The summed E-state index contributed by atoms with van der Waals surface area (Å²) in [6.07, 6.45) is 3.33. The Morgan fingerprint density at radius 1 is 1.25 bits per heavy atom. The lowest BCUT2D eigenvalue weighted by atomic mass is 9.96. The second kappa shape index (κ2) is 6.97. The molecule has 0 radical (unpaired) electrons. The molecule has 0 saturated heterocycles. The van der Waals surface area contributed by atoms with Gasteiger partial charge >= 0.3 is 0 Å². The van der Waals surface area contributed by atoms with Crippen LogP contribution < -0.4 is 5.32 Å². The van der Waals surface area contributed by atoms with Crippen molar-refractivity contribution in [1.82, 2.24) is 5.32 Å². The fraction of sp³-hybridized carbons (Fsp3) is 0.571. The SMILES string of the molecule is CCCNC(c1ccccc1SC)C(C)C. The van der Waals surface area contributed by atoms with Gasteiger partial charge in [0.15, 0.2) is 0 Å². The quantitative estimate of drug-likeness (QED) is 0.747. The molecule has 2 heteroatoms. The first kappa shape index (κ1) is 13.6. The minimum atomic E-state index is 0.476. The Morgan fingerprint density at radius 3 is 2.50 bits per heavy atom. The van der Waals surface area contributed by atoms with Gasteiger partial charge in [-0.15, -0.1) is 11.8 Å². The van der Waals surface area contributed by atoms with Gasteiger partial charge in [-0.1, -0.05) is 39.0 Å². The van der Waals surface area contributed by atoms with Gasteiger partial charge in [0.25, 0.3) is 0 Å². The van der Waals surface area contributed by atoms with Crippen LogP contribution in [0.3, 0.4) is 0 Å². The van der Waals surface area contributed by atoms with Crippen LogP contribution in [0.25, 0.3) is 0 Å². The zero-order valence-electron chi connectivity index (χ0n) is 10.8. The van der Waals surface area contributed by atoms with Crippen molar-refractivity contribution in [2.24, 2.45) is 5.92 Å². The maximum Gasteiger partial charge on any atom is 0.0354 e. The van der Waals surface area contributed by atoms with Crippen molar-refractivity contribution in [3.05, 3.63) is 29.8 Å². The molecule has 0 heterocycles. The molecule has 0 aromatic heterocycles. The molecule has 0 spiro atoms. The normalized spacial score (nSPS) is 13.1. The van der Waals surface area contributed by atoms with Gasteiger partial charge in [0.05, 0.1) is 0 Å². The van der Waals surface area contributed by atoms with Crippen LogP contribution in [0.4, 0.5) is 0 Å². The summed E-state index contributed by atoms with van der Waals surface area (Å²) in [6.45, 7) is 7.87. The van der Waals surface area contributed by atoms with Crippen LogP contribution in [0.1, 0.15) is 38.8 Å². The summed E-state index contributed by atoms with van der Waals surface area (Å²) in [5.41, 5.74) is 1.44. The van der Waals surface area contributed by atoms with E-state index in [4.69, 9.17) is 0 Å². The van der Waals surface area contributed by atoms with E-state index in [-0.39, 0.29) is 0 Å². The molecule has 0 fully saturated rings. The molecule has 0 bridgehead atoms. The van der Waals surface area contributed by atoms with Crippen LogP contribution in [0.15, 0.2) is 29.2 Å². The molecule has 90 valence electrons. The first-order valence-corrected chi connectivity index (χ1v) is 7.29. The number of hydrogen-bond donors (Lipinski definition) is 1. The predicted octanol–water partition coefficient (Wildman–Crippen LogP) is 4.11. The third kappa shape index (κ3) is 3.53. The Balaban J connectivity index is 2.91. The molecular formula is C14H23NS. The summed E-state index contributed by atoms with van der Waals surface area (Å²) in [7, 11) is 0. The van der Waals surface area contributed by atoms with Crippen LogP contribution in [-0.2, 0) is 0 Å². The van der Waals surface area contributed by atoms with Gasteiger partial charge in [-0.3, -0.25) is 0 Å². The summed E-state index contributed by atoms with van der Waals surface area (Å²) >= 11 is 1.83. The van der Waals surface area contributed by atoms with E-state index in [0.29, 0.717) is 12.0 Å². The molecule has 1 atom stereocenters. The van der Waals surface area contributed by atoms with Gasteiger partial charge in [0.1, 0.15) is 0 Å². The standard InChI is InChI=1S/C14H23NS/c1-5-10-15-14(11(2)3)12-8-6-7-9-13(12)16-4/h6-9,11,14-15H,5,10H2,1-4H3. The molecular weight excluding hydrogens is 214 g/mol. The van der Waals surface area contributed by atoms with E-state index in [9.17, 15) is 0 Å². The molecule has 1 aromatic carbocycles. The van der Waals surface area contributed by atoms with Crippen molar-refractivity contribution in [1.29, 1.82) is 0 Å². The van der Waals surface area contributed by atoms with Crippen molar-refractivity contribution in [2.75, 3.05) is 12.8 Å². The summed E-state index contributed by atoms with van der Waals surface area (Å²) in [6, 6.07) is 9.19. The zero-order valence-corrected chi connectivity index (χ0v) is 11.6. The minimum Gasteiger partial charge on any atom is -0.310 e. The van der Waals surface area contributed by atoms with Crippen molar-refractivity contribution in [2.45, 2.75) is 38.1 Å². The Labute approximate surface area is 104 Å². The summed E-state index contributed by atoms with van der Waals surface area (Å²) < 4.78 is 0. The Kier molecular flexibility index (Phi) is 5.93. The largest absolute Gasteiger partial charge is 0.310 e. The molecule has 1 unspecified atom stereocenters. The second-order valence-corrected chi connectivity index (χ2v) is 5.27. The highest BCUT2D eigenvalue weighted by molar-refractivity contribution is 7.98. The average molecular weight is 237 g/mol. The van der Waals surface area contributed by atoms with E-state index in [1.807, 2.05) is 11.8 Å². The van der Waals surface area contributed by atoms with E-state index in [2.05, 4.69) is 56.6 Å². The van der Waals surface area contributed by atoms with Crippen LogP contribution in [0.5, 0.6) is 0 Å². The molecule has 1 aromatic rings. The lowest BCUT2D eigenvalue weighted by Gasteiger charge is -2.24. The fourth-order valence-corrected chi connectivity index (χ4v) is 2.57. The first-order valence-electron chi connectivity index (χ1n) is 6.07. The van der Waals surface area contributed by atoms with Crippen LogP contribution in [0, 0.1) is 5.92 Å². The van der Waals surface area contributed by atoms with E-state index in [0.717, 1.165) is 6.54 Å².